The third-order valence-corrected chi connectivity index (χ3v) is 5.24. The van der Waals surface area contributed by atoms with E-state index in [2.05, 4.69) is 30.7 Å². The first kappa shape index (κ1) is 17.8. The minimum absolute atomic E-state index is 0.729. The van der Waals surface area contributed by atoms with Crippen LogP contribution in [-0.4, -0.2) is 11.7 Å². The second-order valence-electron chi connectivity index (χ2n) is 6.00. The molecule has 0 amide bonds. The Kier molecular flexibility index (Phi) is 6.90. The molecule has 0 bridgehead atoms. The number of thiazole rings is 1. The third kappa shape index (κ3) is 4.96. The molecule has 23 heavy (non-hydrogen) atoms. The number of benzene rings is 1. The predicted octanol–water partition coefficient (Wildman–Crippen LogP) is 5.32. The lowest BCUT2D eigenvalue weighted by molar-refractivity contribution is 0.383. The first-order valence-electron chi connectivity index (χ1n) is 8.51. The molecule has 2 rings (SSSR count). The number of aryl methyl sites for hydroxylation is 1. The van der Waals surface area contributed by atoms with Crippen LogP contribution in [0.2, 0.25) is 0 Å². The zero-order valence-corrected chi connectivity index (χ0v) is 15.5. The van der Waals surface area contributed by atoms with Gasteiger partial charge in [0, 0.05) is 23.7 Å². The maximum atomic E-state index is 5.29. The minimum Gasteiger partial charge on any atom is -0.497 e. The Morgan fingerprint density at radius 3 is 2.83 bits per heavy atom. The van der Waals surface area contributed by atoms with Crippen molar-refractivity contribution < 1.29 is 4.74 Å². The average Bonchev–Trinajstić information content (AvgIpc) is 2.91. The van der Waals surface area contributed by atoms with Gasteiger partial charge in [-0.25, -0.2) is 4.99 Å². The van der Waals surface area contributed by atoms with Crippen LogP contribution in [0.1, 0.15) is 45.2 Å². The fourth-order valence-corrected chi connectivity index (χ4v) is 3.60. The quantitative estimate of drug-likeness (QED) is 0.643. The van der Waals surface area contributed by atoms with Crippen LogP contribution in [0.5, 0.6) is 5.75 Å². The molecule has 0 aliphatic rings. The van der Waals surface area contributed by atoms with Crippen LogP contribution < -0.4 is 9.54 Å². The number of ether oxygens (including phenoxy) is 1. The molecule has 126 valence electrons. The Labute approximate surface area is 143 Å². The highest BCUT2D eigenvalue weighted by atomic mass is 32.1. The molecule has 2 aromatic rings. The lowest BCUT2D eigenvalue weighted by Gasteiger charge is -2.16. The summed E-state index contributed by atoms with van der Waals surface area (Å²) in [5, 5.41) is 2.20. The number of nitrogens with zero attached hydrogens (tertiary/aromatic N) is 2. The van der Waals surface area contributed by atoms with Gasteiger partial charge in [0.1, 0.15) is 5.75 Å². The van der Waals surface area contributed by atoms with Gasteiger partial charge in [-0.05, 0) is 31.4 Å². The molecule has 3 nitrogen and oxygen atoms in total. The van der Waals surface area contributed by atoms with Crippen LogP contribution in [0.15, 0.2) is 34.6 Å². The number of unbranched alkanes of at least 4 members (excludes halogenated alkanes) is 1. The highest BCUT2D eigenvalue weighted by molar-refractivity contribution is 7.07. The van der Waals surface area contributed by atoms with E-state index in [0.717, 1.165) is 28.7 Å². The highest BCUT2D eigenvalue weighted by Crippen LogP contribution is 2.20. The first-order valence-corrected chi connectivity index (χ1v) is 9.39. The van der Waals surface area contributed by atoms with Gasteiger partial charge in [-0.3, -0.25) is 0 Å². The van der Waals surface area contributed by atoms with Crippen LogP contribution in [0.4, 0.5) is 5.69 Å². The summed E-state index contributed by atoms with van der Waals surface area (Å²) in [5.74, 6) is 1.58. The van der Waals surface area contributed by atoms with Gasteiger partial charge in [-0.2, -0.15) is 0 Å². The monoisotopic (exact) mass is 332 g/mol. The number of methoxy groups -OCH3 is 1. The molecule has 1 heterocycles. The number of hydrogen-bond acceptors (Lipinski definition) is 3. The zero-order valence-electron chi connectivity index (χ0n) is 14.7. The van der Waals surface area contributed by atoms with Gasteiger partial charge in [0.2, 0.25) is 0 Å². The average molecular weight is 333 g/mol. The number of aromatic nitrogens is 1. The molecule has 1 aromatic heterocycles. The van der Waals surface area contributed by atoms with E-state index < -0.39 is 0 Å². The molecule has 0 saturated heterocycles. The maximum absolute atomic E-state index is 5.29. The molecule has 1 atom stereocenters. The van der Waals surface area contributed by atoms with Crippen molar-refractivity contribution in [2.24, 2.45) is 10.9 Å². The fourth-order valence-electron chi connectivity index (χ4n) is 2.69. The van der Waals surface area contributed by atoms with Crippen molar-refractivity contribution in [3.8, 4) is 5.75 Å². The molecule has 0 aliphatic carbocycles. The maximum Gasteiger partial charge on any atom is 0.190 e. The molecule has 1 aromatic carbocycles. The Balaban J connectivity index is 2.28. The molecule has 4 heteroatoms. The van der Waals surface area contributed by atoms with Gasteiger partial charge in [-0.15, -0.1) is 11.3 Å². The SMILES string of the molecule is CCCCC(CC)Cn1c(C)csc1=Nc1cccc(OC)c1. The third-order valence-electron chi connectivity index (χ3n) is 4.25. The van der Waals surface area contributed by atoms with Crippen LogP contribution >= 0.6 is 11.3 Å². The Morgan fingerprint density at radius 2 is 2.13 bits per heavy atom. The van der Waals surface area contributed by atoms with Crippen LogP contribution in [0.3, 0.4) is 0 Å². The Morgan fingerprint density at radius 1 is 1.30 bits per heavy atom. The van der Waals surface area contributed by atoms with Crippen molar-refractivity contribution in [1.29, 1.82) is 0 Å². The second kappa shape index (κ2) is 8.92. The predicted molar refractivity (Wildman–Crippen MR) is 98.6 cm³/mol. The number of hydrogen-bond donors (Lipinski definition) is 0. The zero-order chi connectivity index (χ0) is 16.7. The first-order chi connectivity index (χ1) is 11.2. The van der Waals surface area contributed by atoms with Crippen LogP contribution in [0.25, 0.3) is 0 Å². The topological polar surface area (TPSA) is 26.5 Å². The fraction of sp³-hybridized carbons (Fsp3) is 0.526. The summed E-state index contributed by atoms with van der Waals surface area (Å²) in [7, 11) is 1.69. The summed E-state index contributed by atoms with van der Waals surface area (Å²) in [6, 6.07) is 7.94. The molecule has 1 unspecified atom stereocenters. The summed E-state index contributed by atoms with van der Waals surface area (Å²) >= 11 is 1.72. The van der Waals surface area contributed by atoms with E-state index >= 15 is 0 Å². The van der Waals surface area contributed by atoms with Crippen molar-refractivity contribution >= 4 is 17.0 Å². The van der Waals surface area contributed by atoms with E-state index in [1.807, 2.05) is 24.3 Å². The van der Waals surface area contributed by atoms with Gasteiger partial charge in [0.25, 0.3) is 0 Å². The lowest BCUT2D eigenvalue weighted by Crippen LogP contribution is -2.21. The molecular weight excluding hydrogens is 304 g/mol. The van der Waals surface area contributed by atoms with E-state index in [0.29, 0.717) is 0 Å². The van der Waals surface area contributed by atoms with E-state index in [-0.39, 0.29) is 0 Å². The molecule has 0 spiro atoms. The summed E-state index contributed by atoms with van der Waals surface area (Å²) < 4.78 is 7.66. The van der Waals surface area contributed by atoms with Crippen LogP contribution in [-0.2, 0) is 6.54 Å². The van der Waals surface area contributed by atoms with Crippen molar-refractivity contribution in [3.63, 3.8) is 0 Å². The van der Waals surface area contributed by atoms with Gasteiger partial charge in [0.15, 0.2) is 4.80 Å². The number of rotatable bonds is 8. The summed E-state index contributed by atoms with van der Waals surface area (Å²) in [6.45, 7) is 7.79. The molecule has 0 aliphatic heterocycles. The van der Waals surface area contributed by atoms with Crippen LogP contribution in [0, 0.1) is 12.8 Å². The van der Waals surface area contributed by atoms with E-state index in [1.165, 1.54) is 31.4 Å². The lowest BCUT2D eigenvalue weighted by atomic mass is 9.99. The summed E-state index contributed by atoms with van der Waals surface area (Å²) in [4.78, 5) is 5.91. The molecule has 0 saturated carbocycles. The van der Waals surface area contributed by atoms with Gasteiger partial charge < -0.3 is 9.30 Å². The van der Waals surface area contributed by atoms with E-state index in [4.69, 9.17) is 9.73 Å². The molecule has 0 N–H and O–H groups in total. The highest BCUT2D eigenvalue weighted by Gasteiger charge is 2.10. The van der Waals surface area contributed by atoms with E-state index in [1.54, 1.807) is 18.4 Å². The second-order valence-corrected chi connectivity index (χ2v) is 6.84. The normalized spacial score (nSPS) is 13.3. The Hall–Kier alpha value is -1.55. The van der Waals surface area contributed by atoms with Gasteiger partial charge in [0.05, 0.1) is 12.8 Å². The summed E-state index contributed by atoms with van der Waals surface area (Å²) in [5.41, 5.74) is 2.24. The van der Waals surface area contributed by atoms with Gasteiger partial charge >= 0.3 is 0 Å². The molecular formula is C19H28N2OS. The molecule has 0 radical (unpaired) electrons. The Bertz CT molecular complexity index is 672. The van der Waals surface area contributed by atoms with Crippen molar-refractivity contribution in [2.75, 3.05) is 7.11 Å². The minimum atomic E-state index is 0.729. The smallest absolute Gasteiger partial charge is 0.190 e. The van der Waals surface area contributed by atoms with Crippen molar-refractivity contribution in [3.05, 3.63) is 40.1 Å². The molecule has 0 fully saturated rings. The van der Waals surface area contributed by atoms with Gasteiger partial charge in [-0.1, -0.05) is 39.2 Å². The van der Waals surface area contributed by atoms with Crippen molar-refractivity contribution in [2.45, 2.75) is 53.0 Å². The standard InChI is InChI=1S/C19H28N2OS/c1-5-7-9-16(6-2)13-21-15(3)14-23-19(21)20-17-10-8-11-18(12-17)22-4/h8,10-12,14,16H,5-7,9,13H2,1-4H3. The largest absolute Gasteiger partial charge is 0.497 e. The van der Waals surface area contributed by atoms with Crippen molar-refractivity contribution in [1.82, 2.24) is 4.57 Å². The van der Waals surface area contributed by atoms with E-state index in [9.17, 15) is 0 Å². The summed E-state index contributed by atoms with van der Waals surface area (Å²) in [6.07, 6.45) is 5.10.